The van der Waals surface area contributed by atoms with Crippen molar-refractivity contribution in [3.63, 3.8) is 0 Å². The summed E-state index contributed by atoms with van der Waals surface area (Å²) in [6, 6.07) is 0. The largest absolute Gasteiger partial charge is 1.00 e. The number of nitro groups is 4. The zero-order chi connectivity index (χ0) is 11.5. The Labute approximate surface area is 141 Å². The predicted molar refractivity (Wildman–Crippen MR) is 36.7 cm³/mol. The van der Waals surface area contributed by atoms with Gasteiger partial charge in [-0.05, 0) is 0 Å². The van der Waals surface area contributed by atoms with E-state index in [1.54, 1.807) is 0 Å². The van der Waals surface area contributed by atoms with Gasteiger partial charge in [0.1, 0.15) is 0 Å². The average Bonchev–Trinajstić information content (AvgIpc) is 1.97. The van der Waals surface area contributed by atoms with Gasteiger partial charge in [-0.25, -0.2) is 0 Å². The van der Waals surface area contributed by atoms with Gasteiger partial charge in [0, 0.05) is 4.92 Å². The van der Waals surface area contributed by atoms with Crippen LogP contribution < -0.4 is 68.9 Å². The summed E-state index contributed by atoms with van der Waals surface area (Å²) in [4.78, 5) is 32.8. The molecular formula is C2H3CsN4O8. The average molecular weight is 344 g/mol. The molecule has 0 aromatic rings. The van der Waals surface area contributed by atoms with Crippen LogP contribution in [0.4, 0.5) is 0 Å². The first-order valence-corrected chi connectivity index (χ1v) is 2.80. The Morgan fingerprint density at radius 2 is 1.13 bits per heavy atom. The summed E-state index contributed by atoms with van der Waals surface area (Å²) < 4.78 is 0. The fourth-order valence-electron chi connectivity index (χ4n) is 0.546. The molecule has 0 unspecified atom stereocenters. The molecule has 0 saturated carbocycles. The molecule has 0 rings (SSSR count). The molecule has 0 fully saturated rings. The standard InChI is InChI=1S/C2H2N4O8.Cs.H/c7-3(8)1-2(4(9)10,5(11)12)6(13)14;;/h1H2;;/q;+1;-1. The number of hydrogen-bond donors (Lipinski definition) is 0. The third-order valence-electron chi connectivity index (χ3n) is 1.22. The smallest absolute Gasteiger partial charge is 1.00 e. The van der Waals surface area contributed by atoms with Crippen molar-refractivity contribution in [2.24, 2.45) is 0 Å². The van der Waals surface area contributed by atoms with E-state index in [2.05, 4.69) is 0 Å². The van der Waals surface area contributed by atoms with Crippen LogP contribution in [0.15, 0.2) is 0 Å². The minimum Gasteiger partial charge on any atom is -1.00 e. The second-order valence-electron chi connectivity index (χ2n) is 2.04. The molecule has 15 heavy (non-hydrogen) atoms. The molecule has 0 saturated heterocycles. The monoisotopic (exact) mass is 344 g/mol. The van der Waals surface area contributed by atoms with Crippen molar-refractivity contribution >= 4 is 0 Å². The molecule has 0 heterocycles. The predicted octanol–water partition coefficient (Wildman–Crippen LogP) is -4.14. The van der Waals surface area contributed by atoms with Gasteiger partial charge in [-0.1, -0.05) is 0 Å². The Morgan fingerprint density at radius 1 is 0.867 bits per heavy atom. The van der Waals surface area contributed by atoms with Crippen LogP contribution in [0.25, 0.3) is 0 Å². The van der Waals surface area contributed by atoms with Gasteiger partial charge in [0.25, 0.3) is 0 Å². The van der Waals surface area contributed by atoms with Gasteiger partial charge in [-0.15, -0.1) is 0 Å². The normalized spacial score (nSPS) is 9.87. The van der Waals surface area contributed by atoms with E-state index in [1.165, 1.54) is 0 Å². The molecule has 0 bridgehead atoms. The zero-order valence-electron chi connectivity index (χ0n) is 8.26. The summed E-state index contributed by atoms with van der Waals surface area (Å²) in [7, 11) is 0. The zero-order valence-corrected chi connectivity index (χ0v) is 13.5. The summed E-state index contributed by atoms with van der Waals surface area (Å²) in [5, 5.41) is 40.0. The van der Waals surface area contributed by atoms with Crippen LogP contribution in [0.5, 0.6) is 0 Å². The summed E-state index contributed by atoms with van der Waals surface area (Å²) in [6.45, 7) is -2.01. The molecule has 0 N–H and O–H groups in total. The molecule has 0 aromatic heterocycles. The molecule has 0 amide bonds. The fourth-order valence-corrected chi connectivity index (χ4v) is 0.546. The quantitative estimate of drug-likeness (QED) is 0.275. The maximum absolute atomic E-state index is 10.1. The van der Waals surface area contributed by atoms with E-state index in [-0.39, 0.29) is 70.3 Å². The van der Waals surface area contributed by atoms with E-state index < -0.39 is 32.0 Å². The number of hydrogen-bond acceptors (Lipinski definition) is 8. The molecule has 80 valence electrons. The molecule has 0 aliphatic carbocycles. The maximum Gasteiger partial charge on any atom is 1.00 e. The van der Waals surface area contributed by atoms with E-state index in [9.17, 15) is 40.5 Å². The number of rotatable bonds is 5. The van der Waals surface area contributed by atoms with Crippen molar-refractivity contribution in [1.82, 2.24) is 0 Å². The van der Waals surface area contributed by atoms with Gasteiger partial charge in [-0.2, -0.15) is 0 Å². The van der Waals surface area contributed by atoms with Crippen LogP contribution in [0.1, 0.15) is 1.43 Å². The molecule has 0 aliphatic rings. The maximum atomic E-state index is 10.1. The molecule has 12 nitrogen and oxygen atoms in total. The van der Waals surface area contributed by atoms with Crippen LogP contribution >= 0.6 is 0 Å². The molecule has 0 radical (unpaired) electrons. The van der Waals surface area contributed by atoms with Crippen molar-refractivity contribution in [1.29, 1.82) is 0 Å². The van der Waals surface area contributed by atoms with Crippen molar-refractivity contribution in [3.8, 4) is 0 Å². The second kappa shape index (κ2) is 6.28. The molecule has 0 aliphatic heterocycles. The third kappa shape index (κ3) is 3.61. The van der Waals surface area contributed by atoms with Crippen molar-refractivity contribution < 1.29 is 90.0 Å². The second-order valence-corrected chi connectivity index (χ2v) is 2.04. The molecule has 13 heteroatoms. The molecule has 0 spiro atoms. The van der Waals surface area contributed by atoms with Gasteiger partial charge in [0.05, 0.1) is 0 Å². The van der Waals surface area contributed by atoms with Crippen molar-refractivity contribution in [3.05, 3.63) is 40.5 Å². The molecule has 0 atom stereocenters. The molecular weight excluding hydrogens is 341 g/mol. The Morgan fingerprint density at radius 3 is 1.20 bits per heavy atom. The molecule has 0 aromatic carbocycles. The Balaban J connectivity index is -0.000000845. The van der Waals surface area contributed by atoms with Gasteiger partial charge >= 0.3 is 81.2 Å². The minimum absolute atomic E-state index is 0. The Bertz CT molecular complexity index is 283. The first-order valence-electron chi connectivity index (χ1n) is 2.80. The Hall–Kier alpha value is -0.348. The van der Waals surface area contributed by atoms with Crippen LogP contribution in [0.2, 0.25) is 0 Å². The van der Waals surface area contributed by atoms with Gasteiger partial charge in [-0.3, -0.25) is 40.5 Å². The summed E-state index contributed by atoms with van der Waals surface area (Å²) in [5.41, 5.74) is 0. The first kappa shape index (κ1) is 17.1. The van der Waals surface area contributed by atoms with Crippen molar-refractivity contribution in [2.75, 3.05) is 6.54 Å². The van der Waals surface area contributed by atoms with Gasteiger partial charge in [0.15, 0.2) is 14.8 Å². The third-order valence-corrected chi connectivity index (χ3v) is 1.22. The first-order chi connectivity index (χ1) is 6.25. The van der Waals surface area contributed by atoms with E-state index in [0.29, 0.717) is 0 Å². The van der Waals surface area contributed by atoms with Crippen LogP contribution in [0, 0.1) is 40.5 Å². The minimum atomic E-state index is -4.01. The van der Waals surface area contributed by atoms with E-state index in [4.69, 9.17) is 0 Å². The van der Waals surface area contributed by atoms with E-state index >= 15 is 0 Å². The number of nitrogens with zero attached hydrogens (tertiary/aromatic N) is 4. The Kier molecular flexibility index (Phi) is 7.14. The van der Waals surface area contributed by atoms with Crippen LogP contribution in [-0.2, 0) is 0 Å². The topological polar surface area (TPSA) is 173 Å². The van der Waals surface area contributed by atoms with E-state index in [1.807, 2.05) is 0 Å². The van der Waals surface area contributed by atoms with Gasteiger partial charge < -0.3 is 1.43 Å². The van der Waals surface area contributed by atoms with Gasteiger partial charge in [0.2, 0.25) is 0 Å². The summed E-state index contributed by atoms with van der Waals surface area (Å²) >= 11 is 0. The van der Waals surface area contributed by atoms with Crippen LogP contribution in [-0.4, -0.2) is 32.0 Å². The van der Waals surface area contributed by atoms with E-state index in [0.717, 1.165) is 0 Å². The SMILES string of the molecule is O=[N+]([O-])CC([N+](=O)[O-])([N+](=O)[O-])[N+](=O)[O-].[Cs+].[H-]. The van der Waals surface area contributed by atoms with Crippen molar-refractivity contribution in [2.45, 2.75) is 5.79 Å². The summed E-state index contributed by atoms with van der Waals surface area (Å²) in [5.74, 6) is -4.01. The fraction of sp³-hybridized carbons (Fsp3) is 1.00. The summed E-state index contributed by atoms with van der Waals surface area (Å²) in [6.07, 6.45) is 0. The van der Waals surface area contributed by atoms with Crippen LogP contribution in [0.3, 0.4) is 0 Å².